The fourth-order valence-corrected chi connectivity index (χ4v) is 3.38. The molecule has 4 aromatic rings. The smallest absolute Gasteiger partial charge is 0.338 e. The zero-order valence-electron chi connectivity index (χ0n) is 14.2. The third kappa shape index (κ3) is 2.80. The number of carbonyl (C=O) groups excluding carboxylic acids is 1. The second kappa shape index (κ2) is 6.77. The normalized spacial score (nSPS) is 11.0. The highest BCUT2D eigenvalue weighted by atomic mass is 35.5. The van der Waals surface area contributed by atoms with Crippen molar-refractivity contribution in [3.8, 4) is 11.3 Å². The van der Waals surface area contributed by atoms with E-state index in [0.29, 0.717) is 22.9 Å². The van der Waals surface area contributed by atoms with Crippen LogP contribution in [0.2, 0.25) is 5.02 Å². The van der Waals surface area contributed by atoms with Crippen molar-refractivity contribution in [3.05, 3.63) is 77.3 Å². The summed E-state index contributed by atoms with van der Waals surface area (Å²) < 4.78 is 5.27. The number of rotatable bonds is 3. The third-order valence-corrected chi connectivity index (χ3v) is 4.68. The molecule has 0 saturated heterocycles. The molecule has 0 aliphatic rings. The first-order chi connectivity index (χ1) is 12.7. The van der Waals surface area contributed by atoms with Gasteiger partial charge in [-0.3, -0.25) is 0 Å². The largest absolute Gasteiger partial charge is 0.462 e. The Balaban J connectivity index is 2.09. The van der Waals surface area contributed by atoms with Crippen LogP contribution in [0.5, 0.6) is 0 Å². The SMILES string of the molecule is CCOC(=O)c1cc(-c2ccccc2Cl)nc2c1ccc1ccccc12. The van der Waals surface area contributed by atoms with Gasteiger partial charge in [0.2, 0.25) is 0 Å². The lowest BCUT2D eigenvalue weighted by Crippen LogP contribution is -2.06. The molecule has 0 aliphatic heterocycles. The first-order valence-electron chi connectivity index (χ1n) is 8.43. The van der Waals surface area contributed by atoms with E-state index in [2.05, 4.69) is 0 Å². The maximum atomic E-state index is 12.6. The molecular weight excluding hydrogens is 346 g/mol. The van der Waals surface area contributed by atoms with Crippen LogP contribution in [0, 0.1) is 0 Å². The fourth-order valence-electron chi connectivity index (χ4n) is 3.14. The van der Waals surface area contributed by atoms with Gasteiger partial charge in [0, 0.05) is 21.4 Å². The van der Waals surface area contributed by atoms with Crippen molar-refractivity contribution in [2.45, 2.75) is 6.92 Å². The molecule has 0 radical (unpaired) electrons. The van der Waals surface area contributed by atoms with E-state index >= 15 is 0 Å². The summed E-state index contributed by atoms with van der Waals surface area (Å²) in [6, 6.07) is 21.2. The third-order valence-electron chi connectivity index (χ3n) is 4.35. The van der Waals surface area contributed by atoms with E-state index in [0.717, 1.165) is 27.2 Å². The molecule has 0 atom stereocenters. The maximum Gasteiger partial charge on any atom is 0.338 e. The Kier molecular flexibility index (Phi) is 4.31. The number of aromatic nitrogens is 1. The highest BCUT2D eigenvalue weighted by Crippen LogP contribution is 2.33. The van der Waals surface area contributed by atoms with Crippen LogP contribution < -0.4 is 0 Å². The Bertz CT molecular complexity index is 1140. The zero-order chi connectivity index (χ0) is 18.1. The van der Waals surface area contributed by atoms with Crippen molar-refractivity contribution >= 4 is 39.2 Å². The Morgan fingerprint density at radius 3 is 2.58 bits per heavy atom. The van der Waals surface area contributed by atoms with Gasteiger partial charge in [0.25, 0.3) is 0 Å². The number of fused-ring (bicyclic) bond motifs is 3. The van der Waals surface area contributed by atoms with Crippen LogP contribution in [0.4, 0.5) is 0 Å². The van der Waals surface area contributed by atoms with Crippen molar-refractivity contribution in [2.75, 3.05) is 6.61 Å². The van der Waals surface area contributed by atoms with Crippen LogP contribution in [0.25, 0.3) is 32.9 Å². The molecule has 0 aliphatic carbocycles. The summed E-state index contributed by atoms with van der Waals surface area (Å²) in [5.41, 5.74) is 2.71. The summed E-state index contributed by atoms with van der Waals surface area (Å²) in [7, 11) is 0. The molecule has 4 rings (SSSR count). The fraction of sp³-hybridized carbons (Fsp3) is 0.0909. The highest BCUT2D eigenvalue weighted by molar-refractivity contribution is 6.33. The lowest BCUT2D eigenvalue weighted by molar-refractivity contribution is 0.0528. The van der Waals surface area contributed by atoms with Crippen molar-refractivity contribution in [3.63, 3.8) is 0 Å². The summed E-state index contributed by atoms with van der Waals surface area (Å²) in [6.45, 7) is 2.11. The van der Waals surface area contributed by atoms with Crippen LogP contribution in [-0.4, -0.2) is 17.6 Å². The number of nitrogens with zero attached hydrogens (tertiary/aromatic N) is 1. The minimum absolute atomic E-state index is 0.317. The standard InChI is InChI=1S/C22H16ClNO2/c1-2-26-22(25)18-13-20(17-9-5-6-10-19(17)23)24-21-15-8-4-3-7-14(15)11-12-16(18)21/h3-13H,2H2,1H3. The van der Waals surface area contributed by atoms with Gasteiger partial charge in [-0.05, 0) is 24.4 Å². The second-order valence-electron chi connectivity index (χ2n) is 5.94. The van der Waals surface area contributed by atoms with Crippen LogP contribution >= 0.6 is 11.6 Å². The van der Waals surface area contributed by atoms with Gasteiger partial charge >= 0.3 is 5.97 Å². The average Bonchev–Trinajstić information content (AvgIpc) is 2.67. The number of halogens is 1. The van der Waals surface area contributed by atoms with Gasteiger partial charge < -0.3 is 4.74 Å². The van der Waals surface area contributed by atoms with Gasteiger partial charge in [0.1, 0.15) is 0 Å². The van der Waals surface area contributed by atoms with Crippen molar-refractivity contribution in [1.82, 2.24) is 4.98 Å². The summed E-state index contributed by atoms with van der Waals surface area (Å²) >= 11 is 6.37. The summed E-state index contributed by atoms with van der Waals surface area (Å²) in [5.74, 6) is -0.358. The first-order valence-corrected chi connectivity index (χ1v) is 8.81. The second-order valence-corrected chi connectivity index (χ2v) is 6.35. The molecule has 0 saturated carbocycles. The highest BCUT2D eigenvalue weighted by Gasteiger charge is 2.17. The van der Waals surface area contributed by atoms with E-state index in [1.165, 1.54) is 0 Å². The average molecular weight is 362 g/mol. The molecule has 1 heterocycles. The maximum absolute atomic E-state index is 12.6. The molecule has 1 aromatic heterocycles. The topological polar surface area (TPSA) is 39.2 Å². The monoisotopic (exact) mass is 361 g/mol. The Morgan fingerprint density at radius 2 is 1.77 bits per heavy atom. The number of carbonyl (C=O) groups is 1. The summed E-state index contributed by atoms with van der Waals surface area (Å²) in [5, 5.41) is 3.43. The summed E-state index contributed by atoms with van der Waals surface area (Å²) in [6.07, 6.45) is 0. The minimum atomic E-state index is -0.358. The van der Waals surface area contributed by atoms with E-state index in [1.54, 1.807) is 13.0 Å². The molecule has 26 heavy (non-hydrogen) atoms. The lowest BCUT2D eigenvalue weighted by atomic mass is 10.00. The lowest BCUT2D eigenvalue weighted by Gasteiger charge is -2.12. The number of ether oxygens (including phenoxy) is 1. The quantitative estimate of drug-likeness (QED) is 0.337. The predicted molar refractivity (Wildman–Crippen MR) is 106 cm³/mol. The van der Waals surface area contributed by atoms with Crippen molar-refractivity contribution < 1.29 is 9.53 Å². The van der Waals surface area contributed by atoms with E-state index in [4.69, 9.17) is 21.3 Å². The molecule has 0 amide bonds. The number of esters is 1. The van der Waals surface area contributed by atoms with Crippen molar-refractivity contribution in [2.24, 2.45) is 0 Å². The van der Waals surface area contributed by atoms with Gasteiger partial charge in [-0.2, -0.15) is 0 Å². The number of hydrogen-bond acceptors (Lipinski definition) is 3. The molecule has 128 valence electrons. The Morgan fingerprint density at radius 1 is 1.00 bits per heavy atom. The predicted octanol–water partition coefficient (Wildman–Crippen LogP) is 5.89. The van der Waals surface area contributed by atoms with Crippen LogP contribution in [0.1, 0.15) is 17.3 Å². The van der Waals surface area contributed by atoms with Gasteiger partial charge in [-0.15, -0.1) is 0 Å². The van der Waals surface area contributed by atoms with Gasteiger partial charge in [0.15, 0.2) is 0 Å². The van der Waals surface area contributed by atoms with E-state index < -0.39 is 0 Å². The molecule has 0 bridgehead atoms. The first kappa shape index (κ1) is 16.6. The van der Waals surface area contributed by atoms with Gasteiger partial charge in [0.05, 0.1) is 23.4 Å². The van der Waals surface area contributed by atoms with Crippen molar-refractivity contribution in [1.29, 1.82) is 0 Å². The molecule has 0 fully saturated rings. The van der Waals surface area contributed by atoms with Crippen LogP contribution in [-0.2, 0) is 4.74 Å². The van der Waals surface area contributed by atoms with E-state index in [1.807, 2.05) is 60.7 Å². The van der Waals surface area contributed by atoms with E-state index in [9.17, 15) is 4.79 Å². The summed E-state index contributed by atoms with van der Waals surface area (Å²) in [4.78, 5) is 17.4. The van der Waals surface area contributed by atoms with Crippen LogP contribution in [0.15, 0.2) is 66.7 Å². The molecule has 0 unspecified atom stereocenters. The molecule has 3 aromatic carbocycles. The molecule has 3 nitrogen and oxygen atoms in total. The Labute approximate surface area is 156 Å². The number of benzene rings is 3. The van der Waals surface area contributed by atoms with Gasteiger partial charge in [-0.1, -0.05) is 66.2 Å². The van der Waals surface area contributed by atoms with Crippen LogP contribution in [0.3, 0.4) is 0 Å². The Hall–Kier alpha value is -2.91. The number of hydrogen-bond donors (Lipinski definition) is 0. The van der Waals surface area contributed by atoms with Gasteiger partial charge in [-0.25, -0.2) is 9.78 Å². The molecule has 0 N–H and O–H groups in total. The molecule has 4 heteroatoms. The molecular formula is C22H16ClNO2. The minimum Gasteiger partial charge on any atom is -0.462 e. The zero-order valence-corrected chi connectivity index (χ0v) is 15.0. The van der Waals surface area contributed by atoms with E-state index in [-0.39, 0.29) is 5.97 Å². The number of pyridine rings is 1. The molecule has 0 spiro atoms.